The third kappa shape index (κ3) is 2.79. The van der Waals surface area contributed by atoms with E-state index in [-0.39, 0.29) is 16.5 Å². The lowest BCUT2D eigenvalue weighted by Crippen LogP contribution is -2.35. The first-order valence-electron chi connectivity index (χ1n) is 7.98. The monoisotopic (exact) mass is 398 g/mol. The van der Waals surface area contributed by atoms with Crippen molar-refractivity contribution in [3.05, 3.63) is 61.5 Å². The summed E-state index contributed by atoms with van der Waals surface area (Å²) in [6, 6.07) is 7.79. The maximum absolute atomic E-state index is 13.3. The molecule has 26 heavy (non-hydrogen) atoms. The van der Waals surface area contributed by atoms with Crippen LogP contribution in [0.4, 0.5) is 18.9 Å². The quantitative estimate of drug-likeness (QED) is 0.621. The van der Waals surface area contributed by atoms with Crippen LogP contribution in [0.3, 0.4) is 0 Å². The normalized spacial score (nSPS) is 20.0. The Morgan fingerprint density at radius 1 is 1.31 bits per heavy atom. The van der Waals surface area contributed by atoms with Crippen molar-refractivity contribution in [2.45, 2.75) is 25.1 Å². The Balaban J connectivity index is 1.98. The van der Waals surface area contributed by atoms with E-state index < -0.39 is 18.8 Å². The number of anilines is 1. The smallest absolute Gasteiger partial charge is 0.354 e. The van der Waals surface area contributed by atoms with Crippen LogP contribution in [0, 0.1) is 0 Å². The van der Waals surface area contributed by atoms with Crippen molar-refractivity contribution in [2.24, 2.45) is 0 Å². The molecule has 0 saturated heterocycles. The number of alkyl halides is 3. The lowest BCUT2D eigenvalue weighted by molar-refractivity contribution is -0.120. The predicted molar refractivity (Wildman–Crippen MR) is 98.5 cm³/mol. The second-order valence-electron chi connectivity index (χ2n) is 6.39. The van der Waals surface area contributed by atoms with Crippen LogP contribution in [-0.2, 0) is 0 Å². The number of aromatic nitrogens is 1. The molecule has 0 fully saturated rings. The molecule has 1 aromatic carbocycles. The maximum Gasteiger partial charge on any atom is 0.405 e. The number of rotatable bonds is 2. The molecule has 0 bridgehead atoms. The summed E-state index contributed by atoms with van der Waals surface area (Å²) >= 11 is 7.74. The number of thiophene rings is 1. The van der Waals surface area contributed by atoms with E-state index in [0.29, 0.717) is 16.6 Å². The first-order valence-corrected chi connectivity index (χ1v) is 9.24. The van der Waals surface area contributed by atoms with Crippen molar-refractivity contribution in [3.8, 4) is 0 Å². The van der Waals surface area contributed by atoms with Crippen molar-refractivity contribution in [2.75, 3.05) is 11.4 Å². The number of hydrogen-bond acceptors (Lipinski definition) is 3. The number of benzene rings is 1. The van der Waals surface area contributed by atoms with Crippen molar-refractivity contribution in [3.63, 3.8) is 0 Å². The molecule has 0 spiro atoms. The van der Waals surface area contributed by atoms with Crippen LogP contribution in [0.2, 0.25) is 5.02 Å². The van der Waals surface area contributed by atoms with E-state index in [1.807, 2.05) is 24.4 Å². The zero-order valence-electron chi connectivity index (χ0n) is 13.6. The molecule has 1 N–H and O–H groups in total. The van der Waals surface area contributed by atoms with Gasteiger partial charge in [-0.15, -0.1) is 11.3 Å². The van der Waals surface area contributed by atoms with E-state index in [0.717, 1.165) is 10.4 Å². The fourth-order valence-electron chi connectivity index (χ4n) is 3.85. The second kappa shape index (κ2) is 6.03. The Hall–Kier alpha value is -1.99. The fraction of sp³-hybridized carbons (Fsp3) is 0.278. The van der Waals surface area contributed by atoms with E-state index in [2.05, 4.69) is 4.98 Å². The number of nitrogens with one attached hydrogen (secondary N) is 1. The molecular formula is C18H14ClF3N2OS. The molecule has 4 rings (SSSR count). The van der Waals surface area contributed by atoms with Crippen molar-refractivity contribution in [1.82, 2.24) is 4.98 Å². The highest BCUT2D eigenvalue weighted by Gasteiger charge is 2.44. The summed E-state index contributed by atoms with van der Waals surface area (Å²) in [5.41, 5.74) is 1.45. The first-order chi connectivity index (χ1) is 12.3. The summed E-state index contributed by atoms with van der Waals surface area (Å²) in [6.45, 7) is 0.861. The SMILES string of the molecule is CC1c2c(ccc3[nH]c(=O)cc(Cl)c23)N(CC(F)(F)F)C1c1cccs1. The highest BCUT2D eigenvalue weighted by molar-refractivity contribution is 7.10. The molecular weight excluding hydrogens is 385 g/mol. The van der Waals surface area contributed by atoms with Gasteiger partial charge in [-0.1, -0.05) is 24.6 Å². The van der Waals surface area contributed by atoms with Crippen LogP contribution in [0.1, 0.15) is 29.3 Å². The van der Waals surface area contributed by atoms with Crippen LogP contribution in [0.25, 0.3) is 10.9 Å². The van der Waals surface area contributed by atoms with Gasteiger partial charge in [0.25, 0.3) is 0 Å². The molecule has 0 aliphatic carbocycles. The van der Waals surface area contributed by atoms with Crippen LogP contribution in [0.15, 0.2) is 40.5 Å². The Morgan fingerprint density at radius 3 is 2.73 bits per heavy atom. The summed E-state index contributed by atoms with van der Waals surface area (Å²) < 4.78 is 39.8. The van der Waals surface area contributed by atoms with E-state index in [9.17, 15) is 18.0 Å². The van der Waals surface area contributed by atoms with E-state index >= 15 is 0 Å². The van der Waals surface area contributed by atoms with Gasteiger partial charge >= 0.3 is 6.18 Å². The van der Waals surface area contributed by atoms with Gasteiger partial charge < -0.3 is 9.88 Å². The fourth-order valence-corrected chi connectivity index (χ4v) is 5.10. The molecule has 2 aromatic heterocycles. The number of hydrogen-bond donors (Lipinski definition) is 1. The van der Waals surface area contributed by atoms with Crippen LogP contribution in [-0.4, -0.2) is 17.7 Å². The van der Waals surface area contributed by atoms with E-state index in [4.69, 9.17) is 11.6 Å². The lowest BCUT2D eigenvalue weighted by atomic mass is 9.93. The molecule has 3 heterocycles. The van der Waals surface area contributed by atoms with Crippen molar-refractivity contribution >= 4 is 39.5 Å². The average Bonchev–Trinajstić information content (AvgIpc) is 3.13. The average molecular weight is 399 g/mol. The largest absolute Gasteiger partial charge is 0.405 e. The zero-order valence-corrected chi connectivity index (χ0v) is 15.2. The Bertz CT molecular complexity index is 1030. The zero-order chi connectivity index (χ0) is 18.6. The summed E-state index contributed by atoms with van der Waals surface area (Å²) in [7, 11) is 0. The van der Waals surface area contributed by atoms with Gasteiger partial charge in [0.1, 0.15) is 6.54 Å². The molecule has 1 aliphatic rings. The van der Waals surface area contributed by atoms with Crippen molar-refractivity contribution < 1.29 is 13.2 Å². The number of H-pyrrole nitrogens is 1. The molecule has 2 atom stereocenters. The van der Waals surface area contributed by atoms with E-state index in [1.165, 1.54) is 22.3 Å². The standard InChI is InChI=1S/C18H14ClF3N2OS/c1-9-15-12(5-4-11-16(15)10(19)7-14(25)23-11)24(8-18(20,21)22)17(9)13-3-2-6-26-13/h2-7,9,17H,8H2,1H3,(H,23,25). The predicted octanol–water partition coefficient (Wildman–Crippen LogP) is 5.47. The lowest BCUT2D eigenvalue weighted by Gasteiger charge is -2.29. The Kier molecular flexibility index (Phi) is 4.04. The second-order valence-corrected chi connectivity index (χ2v) is 7.78. The number of aromatic amines is 1. The minimum Gasteiger partial charge on any atom is -0.354 e. The van der Waals surface area contributed by atoms with Crippen LogP contribution in [0.5, 0.6) is 0 Å². The number of fused-ring (bicyclic) bond motifs is 3. The first kappa shape index (κ1) is 17.4. The molecule has 136 valence electrons. The van der Waals surface area contributed by atoms with Gasteiger partial charge in [-0.05, 0) is 29.1 Å². The molecule has 2 unspecified atom stereocenters. The highest BCUT2D eigenvalue weighted by atomic mass is 35.5. The molecule has 0 saturated carbocycles. The van der Waals surface area contributed by atoms with Crippen molar-refractivity contribution in [1.29, 1.82) is 0 Å². The van der Waals surface area contributed by atoms with Gasteiger partial charge in [0.2, 0.25) is 5.56 Å². The Morgan fingerprint density at radius 2 is 2.08 bits per heavy atom. The molecule has 3 nitrogen and oxygen atoms in total. The van der Waals surface area contributed by atoms with Gasteiger partial charge in [-0.25, -0.2) is 0 Å². The number of pyridine rings is 1. The van der Waals surface area contributed by atoms with Crippen LogP contribution < -0.4 is 10.5 Å². The van der Waals surface area contributed by atoms with Gasteiger partial charge in [0.05, 0.1) is 16.6 Å². The van der Waals surface area contributed by atoms with E-state index in [1.54, 1.807) is 12.1 Å². The molecule has 0 radical (unpaired) electrons. The summed E-state index contributed by atoms with van der Waals surface area (Å²) in [5, 5.41) is 2.73. The molecule has 3 aromatic rings. The molecule has 1 aliphatic heterocycles. The number of nitrogens with zero attached hydrogens (tertiary/aromatic N) is 1. The Labute approximate surface area is 156 Å². The number of halogens is 4. The summed E-state index contributed by atoms with van der Waals surface area (Å²) in [4.78, 5) is 16.7. The minimum absolute atomic E-state index is 0.210. The molecule has 0 amide bonds. The summed E-state index contributed by atoms with van der Waals surface area (Å²) in [6.07, 6.45) is -4.33. The topological polar surface area (TPSA) is 36.1 Å². The minimum atomic E-state index is -4.33. The van der Waals surface area contributed by atoms with Gasteiger partial charge in [0, 0.05) is 27.9 Å². The summed E-state index contributed by atoms with van der Waals surface area (Å²) in [5.74, 6) is -0.210. The van der Waals surface area contributed by atoms with Gasteiger partial charge in [-0.3, -0.25) is 4.79 Å². The third-order valence-corrected chi connectivity index (χ3v) is 5.98. The van der Waals surface area contributed by atoms with Gasteiger partial charge in [0.15, 0.2) is 0 Å². The van der Waals surface area contributed by atoms with Crippen LogP contribution >= 0.6 is 22.9 Å². The maximum atomic E-state index is 13.3. The third-order valence-electron chi connectivity index (χ3n) is 4.74. The highest BCUT2D eigenvalue weighted by Crippen LogP contribution is 2.53. The van der Waals surface area contributed by atoms with Gasteiger partial charge in [-0.2, -0.15) is 13.2 Å². The molecule has 8 heteroatoms.